The fraction of sp³-hybridized carbons (Fsp3) is 0.667. The molecule has 0 aliphatic rings. The van der Waals surface area contributed by atoms with Crippen LogP contribution in [0.4, 0.5) is 5.82 Å². The Kier molecular flexibility index (Phi) is 7.17. The van der Waals surface area contributed by atoms with Crippen LogP contribution in [0.2, 0.25) is 5.02 Å². The standard InChI is InChI=1S/C15H26ClN3/c1-5-7-12(3)19(4)15-9-13(10-17-8-6-2)14(16)11-18-15/h9,11-12,17H,5-8,10H2,1-4H3. The molecule has 1 rings (SSSR count). The molecule has 0 radical (unpaired) electrons. The van der Waals surface area contributed by atoms with E-state index in [-0.39, 0.29) is 0 Å². The minimum Gasteiger partial charge on any atom is -0.357 e. The quantitative estimate of drug-likeness (QED) is 0.734. The van der Waals surface area contributed by atoms with Crippen molar-refractivity contribution in [1.29, 1.82) is 0 Å². The van der Waals surface area contributed by atoms with E-state index in [1.165, 1.54) is 12.8 Å². The predicted molar refractivity (Wildman–Crippen MR) is 84.0 cm³/mol. The molecule has 0 fully saturated rings. The summed E-state index contributed by atoms with van der Waals surface area (Å²) in [4.78, 5) is 6.66. The summed E-state index contributed by atoms with van der Waals surface area (Å²) in [5.74, 6) is 0.999. The van der Waals surface area contributed by atoms with E-state index in [1.807, 2.05) is 0 Å². The molecule has 0 saturated carbocycles. The van der Waals surface area contributed by atoms with E-state index in [4.69, 9.17) is 11.6 Å². The van der Waals surface area contributed by atoms with Crippen LogP contribution >= 0.6 is 11.6 Å². The van der Waals surface area contributed by atoms with Gasteiger partial charge in [-0.25, -0.2) is 4.98 Å². The normalized spacial score (nSPS) is 12.5. The molecule has 0 saturated heterocycles. The van der Waals surface area contributed by atoms with Crippen LogP contribution in [-0.4, -0.2) is 24.6 Å². The Morgan fingerprint density at radius 3 is 2.74 bits per heavy atom. The molecule has 0 aromatic carbocycles. The van der Waals surface area contributed by atoms with Gasteiger partial charge in [0, 0.05) is 25.8 Å². The highest BCUT2D eigenvalue weighted by Crippen LogP contribution is 2.21. The summed E-state index contributed by atoms with van der Waals surface area (Å²) in [7, 11) is 2.10. The molecule has 1 unspecified atom stereocenters. The van der Waals surface area contributed by atoms with Crippen LogP contribution in [0.5, 0.6) is 0 Å². The van der Waals surface area contributed by atoms with Gasteiger partial charge in [0.1, 0.15) is 5.82 Å². The molecule has 4 heteroatoms. The third-order valence-electron chi connectivity index (χ3n) is 3.39. The van der Waals surface area contributed by atoms with Gasteiger partial charge in [0.25, 0.3) is 0 Å². The molecule has 0 aliphatic heterocycles. The molecule has 0 aliphatic carbocycles. The average Bonchev–Trinajstić information content (AvgIpc) is 2.40. The van der Waals surface area contributed by atoms with Crippen LogP contribution < -0.4 is 10.2 Å². The van der Waals surface area contributed by atoms with E-state index < -0.39 is 0 Å². The summed E-state index contributed by atoms with van der Waals surface area (Å²) in [6.07, 6.45) is 5.24. The van der Waals surface area contributed by atoms with Crippen molar-refractivity contribution in [2.24, 2.45) is 0 Å². The van der Waals surface area contributed by atoms with E-state index in [2.05, 4.69) is 49.1 Å². The SMILES string of the molecule is CCCNCc1cc(N(C)C(C)CCC)ncc1Cl. The van der Waals surface area contributed by atoms with E-state index >= 15 is 0 Å². The maximum absolute atomic E-state index is 6.20. The van der Waals surface area contributed by atoms with Crippen molar-refractivity contribution in [3.8, 4) is 0 Å². The number of rotatable bonds is 8. The van der Waals surface area contributed by atoms with Crippen LogP contribution in [0.3, 0.4) is 0 Å². The highest BCUT2D eigenvalue weighted by Gasteiger charge is 2.12. The van der Waals surface area contributed by atoms with Gasteiger partial charge < -0.3 is 10.2 Å². The Labute approximate surface area is 122 Å². The molecule has 1 aromatic heterocycles. The van der Waals surface area contributed by atoms with Crippen molar-refractivity contribution in [3.05, 3.63) is 22.8 Å². The Hall–Kier alpha value is -0.800. The van der Waals surface area contributed by atoms with Crippen LogP contribution in [-0.2, 0) is 6.54 Å². The van der Waals surface area contributed by atoms with E-state index in [1.54, 1.807) is 6.20 Å². The molecule has 3 nitrogen and oxygen atoms in total. The number of hydrogen-bond acceptors (Lipinski definition) is 3. The summed E-state index contributed by atoms with van der Waals surface area (Å²) in [6, 6.07) is 2.59. The number of hydrogen-bond donors (Lipinski definition) is 1. The fourth-order valence-electron chi connectivity index (χ4n) is 2.03. The molecular weight excluding hydrogens is 258 g/mol. The van der Waals surface area contributed by atoms with Gasteiger partial charge in [0.2, 0.25) is 0 Å². The maximum atomic E-state index is 6.20. The van der Waals surface area contributed by atoms with Gasteiger partial charge in [0.05, 0.1) is 5.02 Å². The van der Waals surface area contributed by atoms with E-state index in [9.17, 15) is 0 Å². The summed E-state index contributed by atoms with van der Waals surface area (Å²) in [6.45, 7) is 8.41. The van der Waals surface area contributed by atoms with Crippen molar-refractivity contribution in [1.82, 2.24) is 10.3 Å². The Morgan fingerprint density at radius 2 is 2.11 bits per heavy atom. The predicted octanol–water partition coefficient (Wildman–Crippen LogP) is 3.86. The Balaban J connectivity index is 2.76. The first-order valence-electron chi connectivity index (χ1n) is 7.18. The van der Waals surface area contributed by atoms with Crippen molar-refractivity contribution < 1.29 is 0 Å². The molecule has 108 valence electrons. The largest absolute Gasteiger partial charge is 0.357 e. The molecule has 1 atom stereocenters. The fourth-order valence-corrected chi connectivity index (χ4v) is 2.20. The van der Waals surface area contributed by atoms with Gasteiger partial charge in [-0.15, -0.1) is 0 Å². The summed E-state index contributed by atoms with van der Waals surface area (Å²) < 4.78 is 0. The molecule has 19 heavy (non-hydrogen) atoms. The maximum Gasteiger partial charge on any atom is 0.128 e. The van der Waals surface area contributed by atoms with Crippen LogP contribution in [0.1, 0.15) is 45.6 Å². The number of aromatic nitrogens is 1. The zero-order valence-corrected chi connectivity index (χ0v) is 13.3. The molecule has 1 aromatic rings. The Bertz CT molecular complexity index is 382. The second-order valence-corrected chi connectivity index (χ2v) is 5.47. The molecule has 1 N–H and O–H groups in total. The smallest absolute Gasteiger partial charge is 0.128 e. The highest BCUT2D eigenvalue weighted by atomic mass is 35.5. The third-order valence-corrected chi connectivity index (χ3v) is 3.73. The minimum absolute atomic E-state index is 0.495. The second kappa shape index (κ2) is 8.39. The van der Waals surface area contributed by atoms with Gasteiger partial charge in [-0.2, -0.15) is 0 Å². The highest BCUT2D eigenvalue weighted by molar-refractivity contribution is 6.31. The minimum atomic E-state index is 0.495. The number of nitrogens with zero attached hydrogens (tertiary/aromatic N) is 2. The first-order chi connectivity index (χ1) is 9.10. The van der Waals surface area contributed by atoms with Crippen molar-refractivity contribution >= 4 is 17.4 Å². The van der Waals surface area contributed by atoms with Crippen LogP contribution in [0.25, 0.3) is 0 Å². The lowest BCUT2D eigenvalue weighted by Gasteiger charge is -2.26. The lowest BCUT2D eigenvalue weighted by atomic mass is 10.1. The van der Waals surface area contributed by atoms with Gasteiger partial charge in [-0.1, -0.05) is 31.9 Å². The van der Waals surface area contributed by atoms with Gasteiger partial charge in [0.15, 0.2) is 0 Å². The lowest BCUT2D eigenvalue weighted by Crippen LogP contribution is -2.29. The third kappa shape index (κ3) is 5.00. The zero-order chi connectivity index (χ0) is 14.3. The summed E-state index contributed by atoms with van der Waals surface area (Å²) in [5, 5.41) is 4.12. The number of halogens is 1. The molecule has 0 amide bonds. The second-order valence-electron chi connectivity index (χ2n) is 5.06. The van der Waals surface area contributed by atoms with Gasteiger partial charge in [-0.3, -0.25) is 0 Å². The molecule has 0 bridgehead atoms. The zero-order valence-electron chi connectivity index (χ0n) is 12.5. The monoisotopic (exact) mass is 283 g/mol. The first-order valence-corrected chi connectivity index (χ1v) is 7.55. The van der Waals surface area contributed by atoms with E-state index in [0.29, 0.717) is 6.04 Å². The van der Waals surface area contributed by atoms with Gasteiger partial charge in [-0.05, 0) is 37.9 Å². The van der Waals surface area contributed by atoms with Crippen molar-refractivity contribution in [2.45, 2.75) is 52.6 Å². The van der Waals surface area contributed by atoms with Crippen molar-refractivity contribution in [2.75, 3.05) is 18.5 Å². The number of anilines is 1. The van der Waals surface area contributed by atoms with Crippen molar-refractivity contribution in [3.63, 3.8) is 0 Å². The van der Waals surface area contributed by atoms with Crippen LogP contribution in [0, 0.1) is 0 Å². The topological polar surface area (TPSA) is 28.2 Å². The number of nitrogens with one attached hydrogen (secondary N) is 1. The lowest BCUT2D eigenvalue weighted by molar-refractivity contribution is 0.610. The molecular formula is C15H26ClN3. The number of pyridine rings is 1. The first kappa shape index (κ1) is 16.3. The summed E-state index contributed by atoms with van der Waals surface area (Å²) in [5.41, 5.74) is 1.12. The molecule has 1 heterocycles. The van der Waals surface area contributed by atoms with E-state index in [0.717, 1.165) is 35.9 Å². The Morgan fingerprint density at radius 1 is 1.37 bits per heavy atom. The van der Waals surface area contributed by atoms with Gasteiger partial charge >= 0.3 is 0 Å². The molecule has 0 spiro atoms. The van der Waals surface area contributed by atoms with Crippen LogP contribution in [0.15, 0.2) is 12.3 Å². The average molecular weight is 284 g/mol. The summed E-state index contributed by atoms with van der Waals surface area (Å²) >= 11 is 6.20.